The number of para-hydroxylation sites is 2. The first kappa shape index (κ1) is 41.3. The number of pyridine rings is 4. The second-order valence-corrected chi connectivity index (χ2v) is 11.5. The molecular formula is C44H26F4N6Pt2. The van der Waals surface area contributed by atoms with E-state index in [-0.39, 0.29) is 53.3 Å². The van der Waals surface area contributed by atoms with Crippen molar-refractivity contribution in [3.05, 3.63) is 194 Å². The number of halogens is 4. The third-order valence-electron chi connectivity index (χ3n) is 7.97. The molecule has 6 heterocycles. The molecule has 0 fully saturated rings. The fourth-order valence-electron chi connectivity index (χ4n) is 5.52. The number of fused-ring (bicyclic) bond motifs is 6. The van der Waals surface area contributed by atoms with E-state index >= 15 is 0 Å². The standard InChI is InChI=1S/2C11H6F2N.2C11H7N2.2Pt/c2*12-8-4-5-9(10(13)7-8)11-3-1-2-6-14-11;2*1-2-6-10-8(4-1)9-5-3-7-12-11(9)13-10;;/h2*1-4,6-7H;2*1-7H;;/q4*-1;2*+2. The van der Waals surface area contributed by atoms with Gasteiger partial charge in [0.05, 0.1) is 0 Å². The molecule has 12 heteroatoms. The zero-order chi connectivity index (χ0) is 37.3. The maximum Gasteiger partial charge on any atom is 2.00 e. The number of hydrogen-bond donors (Lipinski definition) is 0. The first-order valence-corrected chi connectivity index (χ1v) is 16.5. The fraction of sp³-hybridized carbons (Fsp3) is 0. The van der Waals surface area contributed by atoms with Gasteiger partial charge < -0.3 is 29.9 Å². The van der Waals surface area contributed by atoms with Crippen LogP contribution >= 0.6 is 0 Å². The van der Waals surface area contributed by atoms with E-state index in [1.54, 1.807) is 61.2 Å². The van der Waals surface area contributed by atoms with Crippen LogP contribution < -0.4 is 9.97 Å². The molecule has 4 aromatic carbocycles. The molecule has 56 heavy (non-hydrogen) atoms. The minimum atomic E-state index is -0.649. The van der Waals surface area contributed by atoms with Crippen LogP contribution in [-0.2, 0) is 42.1 Å². The maximum atomic E-state index is 13.2. The van der Waals surface area contributed by atoms with Gasteiger partial charge in [0.2, 0.25) is 0 Å². The topological polar surface area (TPSA) is 79.8 Å². The summed E-state index contributed by atoms with van der Waals surface area (Å²) in [5.74, 6) is -2.57. The van der Waals surface area contributed by atoms with E-state index in [0.29, 0.717) is 11.4 Å². The summed E-state index contributed by atoms with van der Waals surface area (Å²) < 4.78 is 51.6. The van der Waals surface area contributed by atoms with Gasteiger partial charge in [0.25, 0.3) is 0 Å². The third-order valence-corrected chi connectivity index (χ3v) is 7.97. The normalized spacial score (nSPS) is 10.2. The molecule has 6 aromatic heterocycles. The Hall–Kier alpha value is -5.82. The molecule has 0 amide bonds. The summed E-state index contributed by atoms with van der Waals surface area (Å²) >= 11 is 0. The van der Waals surface area contributed by atoms with E-state index in [1.807, 2.05) is 48.5 Å². The average Bonchev–Trinajstić information content (AvgIpc) is 3.78. The molecule has 0 atom stereocenters. The van der Waals surface area contributed by atoms with Crippen LogP contribution in [0.4, 0.5) is 17.6 Å². The molecule has 0 aliphatic carbocycles. The number of rotatable bonds is 2. The molecule has 10 aromatic rings. The first-order valence-electron chi connectivity index (χ1n) is 16.5. The van der Waals surface area contributed by atoms with Crippen molar-refractivity contribution < 1.29 is 59.7 Å². The maximum absolute atomic E-state index is 13.2. The van der Waals surface area contributed by atoms with E-state index < -0.39 is 23.3 Å². The van der Waals surface area contributed by atoms with Gasteiger partial charge in [-0.05, 0) is 56.1 Å². The second kappa shape index (κ2) is 19.7. The third kappa shape index (κ3) is 9.88. The number of aromatic nitrogens is 6. The van der Waals surface area contributed by atoms with Gasteiger partial charge in [-0.1, -0.05) is 144 Å². The molecule has 0 bridgehead atoms. The van der Waals surface area contributed by atoms with Crippen LogP contribution in [-0.4, -0.2) is 19.9 Å². The van der Waals surface area contributed by atoms with Crippen molar-refractivity contribution in [1.82, 2.24) is 29.9 Å². The summed E-state index contributed by atoms with van der Waals surface area (Å²) in [7, 11) is 0. The predicted molar refractivity (Wildman–Crippen MR) is 202 cm³/mol. The zero-order valence-corrected chi connectivity index (χ0v) is 33.4. The molecule has 10 rings (SSSR count). The van der Waals surface area contributed by atoms with Crippen molar-refractivity contribution in [2.75, 3.05) is 0 Å². The summed E-state index contributed by atoms with van der Waals surface area (Å²) in [6, 6.07) is 43.3. The summed E-state index contributed by atoms with van der Waals surface area (Å²) in [4.78, 5) is 25.1. The van der Waals surface area contributed by atoms with Crippen molar-refractivity contribution >= 4 is 43.9 Å². The molecule has 0 aliphatic heterocycles. The van der Waals surface area contributed by atoms with E-state index in [9.17, 15) is 17.6 Å². The number of nitrogens with zero attached hydrogens (tertiary/aromatic N) is 6. The van der Waals surface area contributed by atoms with Crippen molar-refractivity contribution in [2.45, 2.75) is 0 Å². The van der Waals surface area contributed by atoms with Gasteiger partial charge >= 0.3 is 42.1 Å². The van der Waals surface area contributed by atoms with Crippen LogP contribution in [0.15, 0.2) is 158 Å². The molecule has 280 valence electrons. The van der Waals surface area contributed by atoms with Crippen LogP contribution in [0.25, 0.3) is 66.4 Å². The van der Waals surface area contributed by atoms with Gasteiger partial charge in [-0.25, -0.2) is 0 Å². The Kier molecular flexibility index (Phi) is 14.5. The Balaban J connectivity index is 0.000000141. The van der Waals surface area contributed by atoms with Crippen LogP contribution in [0.2, 0.25) is 0 Å². The Morgan fingerprint density at radius 2 is 0.786 bits per heavy atom. The molecule has 0 spiro atoms. The van der Waals surface area contributed by atoms with Crippen molar-refractivity contribution in [1.29, 1.82) is 0 Å². The predicted octanol–water partition coefficient (Wildman–Crippen LogP) is 10.3. The van der Waals surface area contributed by atoms with Crippen molar-refractivity contribution in [3.8, 4) is 22.5 Å². The van der Waals surface area contributed by atoms with Gasteiger partial charge in [-0.15, -0.1) is 24.3 Å². The molecule has 0 N–H and O–H groups in total. The van der Waals surface area contributed by atoms with Crippen LogP contribution in [0.5, 0.6) is 0 Å². The molecule has 0 saturated carbocycles. The summed E-state index contributed by atoms with van der Waals surface area (Å²) in [6.07, 6.45) is 6.64. The van der Waals surface area contributed by atoms with Crippen LogP contribution in [0.1, 0.15) is 0 Å². The molecule has 0 radical (unpaired) electrons. The van der Waals surface area contributed by atoms with Gasteiger partial charge in [0, 0.05) is 35.7 Å². The molecule has 0 saturated heterocycles. The molecule has 0 aliphatic rings. The zero-order valence-electron chi connectivity index (χ0n) is 28.8. The van der Waals surface area contributed by atoms with Crippen molar-refractivity contribution in [2.24, 2.45) is 0 Å². The quantitative estimate of drug-likeness (QED) is 0.127. The van der Waals surface area contributed by atoms with Gasteiger partial charge in [0.15, 0.2) is 0 Å². The second-order valence-electron chi connectivity index (χ2n) is 11.5. The summed E-state index contributed by atoms with van der Waals surface area (Å²) in [5.41, 5.74) is 4.99. The Morgan fingerprint density at radius 1 is 0.411 bits per heavy atom. The van der Waals surface area contributed by atoms with Gasteiger partial charge in [0.1, 0.15) is 0 Å². The molecule has 0 unspecified atom stereocenters. The Labute approximate surface area is 347 Å². The van der Waals surface area contributed by atoms with E-state index in [1.165, 1.54) is 10.8 Å². The van der Waals surface area contributed by atoms with E-state index in [4.69, 9.17) is 0 Å². The van der Waals surface area contributed by atoms with E-state index in [0.717, 1.165) is 57.4 Å². The minimum Gasteiger partial charge on any atom is -0.442 e. The fourth-order valence-corrected chi connectivity index (χ4v) is 5.52. The summed E-state index contributed by atoms with van der Waals surface area (Å²) in [6.45, 7) is 0. The van der Waals surface area contributed by atoms with Gasteiger partial charge in [-0.2, -0.15) is 0 Å². The SMILES string of the molecule is Fc1c[c-]c(-c2ccccn2)c(F)c1.Fc1c[c-]c(-c2ccccn2)c(F)c1.[Pt+2].[Pt+2].c1ccc2c(c1)[n-]c1ncccc12.c1ccc2c(c1)[n-]c1ncccc12. The monoisotopic (exact) mass is 1100 g/mol. The smallest absolute Gasteiger partial charge is 0.442 e. The number of hydrogen-bond acceptors (Lipinski definition) is 4. The Morgan fingerprint density at radius 3 is 1.18 bits per heavy atom. The van der Waals surface area contributed by atoms with Crippen LogP contribution in [0, 0.1) is 35.4 Å². The molecule has 6 nitrogen and oxygen atoms in total. The minimum absolute atomic E-state index is 0. The van der Waals surface area contributed by atoms with Gasteiger partial charge in [-0.3, -0.25) is 17.6 Å². The van der Waals surface area contributed by atoms with E-state index in [2.05, 4.69) is 66.3 Å². The Bertz CT molecular complexity index is 2500. The summed E-state index contributed by atoms with van der Waals surface area (Å²) in [5, 5.41) is 4.65. The average molecular weight is 1100 g/mol. The number of benzene rings is 4. The van der Waals surface area contributed by atoms with Crippen LogP contribution in [0.3, 0.4) is 0 Å². The van der Waals surface area contributed by atoms with Crippen molar-refractivity contribution in [3.63, 3.8) is 0 Å². The first-order chi connectivity index (χ1) is 26.4. The largest absolute Gasteiger partial charge is 2.00 e. The molecular weight excluding hydrogens is 1080 g/mol.